The van der Waals surface area contributed by atoms with E-state index in [0.717, 1.165) is 31.2 Å². The minimum Gasteiger partial charge on any atom is -0.475 e. The molecule has 1 saturated carbocycles. The Balaban J connectivity index is 2.01. The molecule has 5 nitrogen and oxygen atoms in total. The molecular formula is C15H23NO4. The van der Waals surface area contributed by atoms with Gasteiger partial charge in [0.05, 0.1) is 6.61 Å². The Labute approximate surface area is 119 Å². The highest BCUT2D eigenvalue weighted by molar-refractivity contribution is 5.84. The Bertz CT molecular complexity index is 472. The number of carbonyl (C=O) groups is 1. The van der Waals surface area contributed by atoms with Gasteiger partial charge in [-0.3, -0.25) is 0 Å². The normalized spacial score (nSPS) is 26.6. The Morgan fingerprint density at radius 3 is 2.65 bits per heavy atom. The summed E-state index contributed by atoms with van der Waals surface area (Å²) in [5, 5.41) is 22.0. The number of nitrogens with one attached hydrogen (secondary N) is 1. The van der Waals surface area contributed by atoms with Gasteiger partial charge in [0.25, 0.3) is 0 Å². The van der Waals surface area contributed by atoms with Crippen molar-refractivity contribution in [2.75, 3.05) is 6.61 Å². The number of aliphatic hydroxyl groups is 1. The lowest BCUT2D eigenvalue weighted by molar-refractivity contribution is 0.0661. The number of hydrogen-bond donors (Lipinski definition) is 3. The molecule has 2 rings (SSSR count). The first-order valence-electron chi connectivity index (χ1n) is 7.14. The molecule has 1 aliphatic carbocycles. The number of hydrogen-bond acceptors (Lipinski definition) is 4. The van der Waals surface area contributed by atoms with Crippen LogP contribution in [0.15, 0.2) is 10.5 Å². The summed E-state index contributed by atoms with van der Waals surface area (Å²) >= 11 is 0. The third kappa shape index (κ3) is 3.22. The largest absolute Gasteiger partial charge is 0.475 e. The lowest BCUT2D eigenvalue weighted by Crippen LogP contribution is -2.50. The van der Waals surface area contributed by atoms with E-state index in [-0.39, 0.29) is 17.9 Å². The van der Waals surface area contributed by atoms with E-state index in [2.05, 4.69) is 12.2 Å². The molecule has 0 spiro atoms. The van der Waals surface area contributed by atoms with Crippen LogP contribution in [0.1, 0.15) is 54.5 Å². The van der Waals surface area contributed by atoms with Crippen molar-refractivity contribution in [2.24, 2.45) is 5.92 Å². The van der Waals surface area contributed by atoms with Gasteiger partial charge in [0.15, 0.2) is 0 Å². The van der Waals surface area contributed by atoms with E-state index >= 15 is 0 Å². The van der Waals surface area contributed by atoms with Crippen molar-refractivity contribution in [3.8, 4) is 0 Å². The van der Waals surface area contributed by atoms with E-state index in [0.29, 0.717) is 18.2 Å². The van der Waals surface area contributed by atoms with Crippen LogP contribution >= 0.6 is 0 Å². The van der Waals surface area contributed by atoms with Gasteiger partial charge in [-0.2, -0.15) is 0 Å². The van der Waals surface area contributed by atoms with Gasteiger partial charge in [-0.1, -0.05) is 6.92 Å². The molecule has 0 radical (unpaired) electrons. The first-order chi connectivity index (χ1) is 9.46. The zero-order chi connectivity index (χ0) is 14.8. The molecule has 0 aromatic carbocycles. The minimum atomic E-state index is -1.05. The molecule has 0 amide bonds. The second-order valence-electron chi connectivity index (χ2n) is 5.97. The predicted molar refractivity (Wildman–Crippen MR) is 74.7 cm³/mol. The predicted octanol–water partition coefficient (Wildman–Crippen LogP) is 2.32. The molecule has 20 heavy (non-hydrogen) atoms. The summed E-state index contributed by atoms with van der Waals surface area (Å²) < 4.78 is 5.20. The maximum absolute atomic E-state index is 10.9. The van der Waals surface area contributed by atoms with Crippen molar-refractivity contribution in [2.45, 2.75) is 51.6 Å². The number of aliphatic hydroxyl groups excluding tert-OH is 1. The van der Waals surface area contributed by atoms with Gasteiger partial charge in [-0.05, 0) is 44.6 Å². The molecule has 5 heteroatoms. The Kier molecular flexibility index (Phi) is 4.50. The molecular weight excluding hydrogens is 258 g/mol. The molecule has 0 atom stereocenters. The molecule has 1 heterocycles. The summed E-state index contributed by atoms with van der Waals surface area (Å²) in [6, 6.07) is 1.56. The van der Waals surface area contributed by atoms with Crippen molar-refractivity contribution in [1.82, 2.24) is 5.32 Å². The van der Waals surface area contributed by atoms with Crippen LogP contribution in [0.4, 0.5) is 0 Å². The zero-order valence-corrected chi connectivity index (χ0v) is 12.1. The fourth-order valence-corrected chi connectivity index (χ4v) is 2.79. The van der Waals surface area contributed by atoms with Crippen molar-refractivity contribution in [3.05, 3.63) is 23.2 Å². The Hall–Kier alpha value is -1.33. The monoisotopic (exact) mass is 281 g/mol. The number of carboxylic acids is 1. The third-order valence-electron chi connectivity index (χ3n) is 4.42. The average molecular weight is 281 g/mol. The van der Waals surface area contributed by atoms with Gasteiger partial charge in [-0.25, -0.2) is 4.79 Å². The summed E-state index contributed by atoms with van der Waals surface area (Å²) in [6.45, 7) is 4.64. The van der Waals surface area contributed by atoms with Crippen molar-refractivity contribution in [1.29, 1.82) is 0 Å². The van der Waals surface area contributed by atoms with Gasteiger partial charge in [0.2, 0.25) is 5.76 Å². The van der Waals surface area contributed by atoms with Crippen LogP contribution in [0.5, 0.6) is 0 Å². The SMILES string of the molecule is Cc1oc(C(=O)O)cc1CNC1(CO)CCC(C)CC1. The molecule has 1 fully saturated rings. The maximum Gasteiger partial charge on any atom is 0.371 e. The second-order valence-corrected chi connectivity index (χ2v) is 5.97. The van der Waals surface area contributed by atoms with E-state index in [1.807, 2.05) is 0 Å². The summed E-state index contributed by atoms with van der Waals surface area (Å²) in [5.41, 5.74) is 0.605. The first kappa shape index (κ1) is 15.1. The number of aryl methyl sites for hydroxylation is 1. The van der Waals surface area contributed by atoms with E-state index in [1.54, 1.807) is 13.0 Å². The number of rotatable bonds is 5. The third-order valence-corrected chi connectivity index (χ3v) is 4.42. The summed E-state index contributed by atoms with van der Waals surface area (Å²) in [6.07, 6.45) is 4.12. The van der Waals surface area contributed by atoms with E-state index in [1.165, 1.54) is 0 Å². The highest BCUT2D eigenvalue weighted by Crippen LogP contribution is 2.32. The average Bonchev–Trinajstić information content (AvgIpc) is 2.80. The molecule has 1 aromatic rings. The summed E-state index contributed by atoms with van der Waals surface area (Å²) in [7, 11) is 0. The van der Waals surface area contributed by atoms with Gasteiger partial charge < -0.3 is 19.9 Å². The maximum atomic E-state index is 10.9. The lowest BCUT2D eigenvalue weighted by Gasteiger charge is -2.39. The van der Waals surface area contributed by atoms with Crippen LogP contribution in [0.3, 0.4) is 0 Å². The topological polar surface area (TPSA) is 82.7 Å². The first-order valence-corrected chi connectivity index (χ1v) is 7.14. The lowest BCUT2D eigenvalue weighted by atomic mass is 9.77. The molecule has 0 unspecified atom stereocenters. The number of furan rings is 1. The van der Waals surface area contributed by atoms with Crippen LogP contribution < -0.4 is 5.32 Å². The van der Waals surface area contributed by atoms with Crippen LogP contribution in [0.25, 0.3) is 0 Å². The van der Waals surface area contributed by atoms with E-state index in [4.69, 9.17) is 9.52 Å². The van der Waals surface area contributed by atoms with Crippen molar-refractivity contribution < 1.29 is 19.4 Å². The standard InChI is InChI=1S/C15H23NO4/c1-10-3-5-15(9-17,6-4-10)16-8-12-7-13(14(18)19)20-11(12)2/h7,10,16-17H,3-6,8-9H2,1-2H3,(H,18,19). The smallest absolute Gasteiger partial charge is 0.371 e. The Morgan fingerprint density at radius 1 is 1.50 bits per heavy atom. The van der Waals surface area contributed by atoms with Crippen molar-refractivity contribution in [3.63, 3.8) is 0 Å². The fourth-order valence-electron chi connectivity index (χ4n) is 2.79. The van der Waals surface area contributed by atoms with Gasteiger partial charge in [0, 0.05) is 17.6 Å². The fraction of sp³-hybridized carbons (Fsp3) is 0.667. The van der Waals surface area contributed by atoms with Crippen LogP contribution in [-0.4, -0.2) is 28.3 Å². The highest BCUT2D eigenvalue weighted by Gasteiger charge is 2.33. The van der Waals surface area contributed by atoms with Gasteiger partial charge >= 0.3 is 5.97 Å². The number of aromatic carboxylic acids is 1. The highest BCUT2D eigenvalue weighted by atomic mass is 16.4. The molecule has 0 saturated heterocycles. The van der Waals surface area contributed by atoms with Crippen LogP contribution in [-0.2, 0) is 6.54 Å². The molecule has 1 aliphatic rings. The van der Waals surface area contributed by atoms with E-state index < -0.39 is 5.97 Å². The summed E-state index contributed by atoms with van der Waals surface area (Å²) in [4.78, 5) is 10.9. The molecule has 0 bridgehead atoms. The number of carboxylic acid groups (broad SMARTS) is 1. The van der Waals surface area contributed by atoms with E-state index in [9.17, 15) is 9.90 Å². The second kappa shape index (κ2) is 5.97. The molecule has 0 aliphatic heterocycles. The van der Waals surface area contributed by atoms with Crippen LogP contribution in [0.2, 0.25) is 0 Å². The molecule has 3 N–H and O–H groups in total. The van der Waals surface area contributed by atoms with Gasteiger partial charge in [0.1, 0.15) is 5.76 Å². The van der Waals surface area contributed by atoms with Crippen LogP contribution in [0, 0.1) is 12.8 Å². The van der Waals surface area contributed by atoms with Crippen molar-refractivity contribution >= 4 is 5.97 Å². The summed E-state index contributed by atoms with van der Waals surface area (Å²) in [5.74, 6) is 0.246. The van der Waals surface area contributed by atoms with Gasteiger partial charge in [-0.15, -0.1) is 0 Å². The molecule has 112 valence electrons. The quantitative estimate of drug-likeness (QED) is 0.771. The zero-order valence-electron chi connectivity index (χ0n) is 12.1. The Morgan fingerprint density at radius 2 is 2.15 bits per heavy atom. The molecule has 1 aromatic heterocycles. The minimum absolute atomic E-state index is 0.0328.